The first-order valence-corrected chi connectivity index (χ1v) is 8.34. The Bertz CT molecular complexity index is 808. The molecular weight excluding hydrogens is 412 g/mol. The van der Waals surface area contributed by atoms with Crippen molar-refractivity contribution in [3.05, 3.63) is 38.4 Å². The molecule has 0 aliphatic rings. The molecule has 1 aromatic heterocycles. The number of nitrogens with zero attached hydrogens (tertiary/aromatic N) is 2. The molecule has 2 N–H and O–H groups in total. The minimum atomic E-state index is -3.83. The average molecular weight is 420 g/mol. The molecule has 1 aromatic carbocycles. The number of hydrogen-bond donors (Lipinski definition) is 2. The van der Waals surface area contributed by atoms with Gasteiger partial charge in [0.25, 0.3) is 10.0 Å². The van der Waals surface area contributed by atoms with E-state index in [-0.39, 0.29) is 16.3 Å². The number of aromatic amines is 1. The van der Waals surface area contributed by atoms with Crippen LogP contribution in [0.1, 0.15) is 11.1 Å². The van der Waals surface area contributed by atoms with E-state index in [2.05, 4.69) is 46.8 Å². The highest BCUT2D eigenvalue weighted by atomic mass is 79.9. The van der Waals surface area contributed by atoms with Crippen LogP contribution in [-0.4, -0.2) is 18.6 Å². The van der Waals surface area contributed by atoms with Gasteiger partial charge in [0.15, 0.2) is 5.82 Å². The maximum atomic E-state index is 12.3. The number of sulfonamides is 1. The van der Waals surface area contributed by atoms with Crippen LogP contribution in [0.5, 0.6) is 0 Å². The van der Waals surface area contributed by atoms with Gasteiger partial charge in [0, 0.05) is 8.95 Å². The van der Waals surface area contributed by atoms with Crippen molar-refractivity contribution in [2.45, 2.75) is 11.8 Å². The quantitative estimate of drug-likeness (QED) is 0.798. The van der Waals surface area contributed by atoms with Crippen LogP contribution >= 0.6 is 31.9 Å². The Morgan fingerprint density at radius 1 is 1.35 bits per heavy atom. The Labute approximate surface area is 132 Å². The van der Waals surface area contributed by atoms with Gasteiger partial charge in [-0.2, -0.15) is 10.4 Å². The van der Waals surface area contributed by atoms with Crippen molar-refractivity contribution in [2.75, 3.05) is 4.72 Å². The lowest BCUT2D eigenvalue weighted by molar-refractivity contribution is 0.600. The van der Waals surface area contributed by atoms with Crippen LogP contribution < -0.4 is 4.72 Å². The molecule has 0 radical (unpaired) electrons. The summed E-state index contributed by atoms with van der Waals surface area (Å²) in [7, 11) is -3.83. The summed E-state index contributed by atoms with van der Waals surface area (Å²) in [5.74, 6) is 0.0381. The Balaban J connectivity index is 2.47. The van der Waals surface area contributed by atoms with Crippen LogP contribution in [0.2, 0.25) is 0 Å². The van der Waals surface area contributed by atoms with Crippen LogP contribution in [0.3, 0.4) is 0 Å². The SMILES string of the molecule is Cc1cc(Br)c(S(=O)(=O)Nc2[nH]ncc2C#N)cc1Br. The van der Waals surface area contributed by atoms with E-state index >= 15 is 0 Å². The van der Waals surface area contributed by atoms with Gasteiger partial charge in [0.2, 0.25) is 0 Å². The summed E-state index contributed by atoms with van der Waals surface area (Å²) in [6, 6.07) is 5.02. The molecule has 0 unspecified atom stereocenters. The second-order valence-electron chi connectivity index (χ2n) is 3.91. The summed E-state index contributed by atoms with van der Waals surface area (Å²) in [5, 5.41) is 14.9. The first-order valence-electron chi connectivity index (χ1n) is 5.27. The molecule has 0 bridgehead atoms. The maximum absolute atomic E-state index is 12.3. The van der Waals surface area contributed by atoms with Crippen molar-refractivity contribution in [3.8, 4) is 6.07 Å². The van der Waals surface area contributed by atoms with Crippen LogP contribution in [0, 0.1) is 18.3 Å². The summed E-state index contributed by atoms with van der Waals surface area (Å²) in [6.45, 7) is 1.85. The molecule has 2 aromatic rings. The number of anilines is 1. The van der Waals surface area contributed by atoms with Gasteiger partial charge in [-0.25, -0.2) is 8.42 Å². The zero-order chi connectivity index (χ0) is 14.9. The van der Waals surface area contributed by atoms with Crippen molar-refractivity contribution < 1.29 is 8.42 Å². The van der Waals surface area contributed by atoms with E-state index in [1.54, 1.807) is 6.07 Å². The number of nitriles is 1. The van der Waals surface area contributed by atoms with Gasteiger partial charge in [0.05, 0.1) is 6.20 Å². The van der Waals surface area contributed by atoms with E-state index in [4.69, 9.17) is 5.26 Å². The number of aromatic nitrogens is 2. The number of aryl methyl sites for hydroxylation is 1. The zero-order valence-electron chi connectivity index (χ0n) is 10.1. The Morgan fingerprint density at radius 3 is 2.70 bits per heavy atom. The van der Waals surface area contributed by atoms with Crippen molar-refractivity contribution in [3.63, 3.8) is 0 Å². The molecule has 9 heteroatoms. The Morgan fingerprint density at radius 2 is 2.05 bits per heavy atom. The normalized spacial score (nSPS) is 11.1. The molecule has 0 spiro atoms. The fourth-order valence-corrected chi connectivity index (χ4v) is 4.19. The van der Waals surface area contributed by atoms with Crippen molar-refractivity contribution in [1.82, 2.24) is 10.2 Å². The number of rotatable bonds is 3. The second-order valence-corrected chi connectivity index (χ2v) is 7.27. The van der Waals surface area contributed by atoms with Crippen molar-refractivity contribution in [1.29, 1.82) is 5.26 Å². The van der Waals surface area contributed by atoms with Crippen LogP contribution in [0.15, 0.2) is 32.2 Å². The summed E-state index contributed by atoms with van der Waals surface area (Å²) >= 11 is 6.52. The number of halogens is 2. The third kappa shape index (κ3) is 2.87. The molecule has 20 heavy (non-hydrogen) atoms. The van der Waals surface area contributed by atoms with E-state index in [1.165, 1.54) is 12.3 Å². The highest BCUT2D eigenvalue weighted by Crippen LogP contribution is 2.30. The first-order chi connectivity index (χ1) is 9.35. The smallest absolute Gasteiger partial charge is 0.263 e. The van der Waals surface area contributed by atoms with E-state index < -0.39 is 10.0 Å². The molecule has 104 valence electrons. The number of H-pyrrole nitrogens is 1. The lowest BCUT2D eigenvalue weighted by Gasteiger charge is -2.10. The van der Waals surface area contributed by atoms with Crippen LogP contribution in [0.4, 0.5) is 5.82 Å². The van der Waals surface area contributed by atoms with Gasteiger partial charge in [-0.1, -0.05) is 15.9 Å². The third-order valence-corrected chi connectivity index (χ3v) is 5.66. The van der Waals surface area contributed by atoms with Gasteiger partial charge < -0.3 is 0 Å². The molecule has 0 aliphatic carbocycles. The van der Waals surface area contributed by atoms with Gasteiger partial charge in [0.1, 0.15) is 16.5 Å². The lowest BCUT2D eigenvalue weighted by atomic mass is 10.2. The van der Waals surface area contributed by atoms with E-state index in [0.717, 1.165) is 5.56 Å². The molecule has 0 saturated carbocycles. The molecule has 0 fully saturated rings. The summed E-state index contributed by atoms with van der Waals surface area (Å²) < 4.78 is 28.1. The molecule has 0 amide bonds. The zero-order valence-corrected chi connectivity index (χ0v) is 14.1. The topological polar surface area (TPSA) is 98.6 Å². The number of nitrogens with one attached hydrogen (secondary N) is 2. The van der Waals surface area contributed by atoms with E-state index in [1.807, 2.05) is 13.0 Å². The molecule has 0 aliphatic heterocycles. The minimum Gasteiger partial charge on any atom is -0.263 e. The molecule has 2 rings (SSSR count). The largest absolute Gasteiger partial charge is 0.264 e. The second kappa shape index (κ2) is 5.55. The number of hydrogen-bond acceptors (Lipinski definition) is 4. The Hall–Kier alpha value is -1.37. The van der Waals surface area contributed by atoms with Crippen molar-refractivity contribution >= 4 is 47.7 Å². The fraction of sp³-hybridized carbons (Fsp3) is 0.0909. The van der Waals surface area contributed by atoms with Crippen molar-refractivity contribution in [2.24, 2.45) is 0 Å². The minimum absolute atomic E-state index is 0.0381. The van der Waals surface area contributed by atoms with Crippen LogP contribution in [-0.2, 0) is 10.0 Å². The summed E-state index contributed by atoms with van der Waals surface area (Å²) in [6.07, 6.45) is 1.25. The Kier molecular flexibility index (Phi) is 4.17. The lowest BCUT2D eigenvalue weighted by Crippen LogP contribution is -2.15. The summed E-state index contributed by atoms with van der Waals surface area (Å²) in [4.78, 5) is 0.0634. The maximum Gasteiger partial charge on any atom is 0.264 e. The predicted octanol–water partition coefficient (Wildman–Crippen LogP) is 2.92. The molecular formula is C11H8Br2N4O2S. The van der Waals surface area contributed by atoms with E-state index in [0.29, 0.717) is 8.95 Å². The van der Waals surface area contributed by atoms with E-state index in [9.17, 15) is 8.42 Å². The van der Waals surface area contributed by atoms with Gasteiger partial charge in [-0.15, -0.1) is 0 Å². The standard InChI is InChI=1S/C11H8Br2N4O2S/c1-6-2-9(13)10(3-8(6)12)20(18,19)17-11-7(4-14)5-15-16-11/h2-3,5H,1H3,(H2,15,16,17). The summed E-state index contributed by atoms with van der Waals surface area (Å²) in [5.41, 5.74) is 1.02. The van der Waals surface area contributed by atoms with Gasteiger partial charge in [-0.05, 0) is 40.5 Å². The average Bonchev–Trinajstić information content (AvgIpc) is 2.80. The molecule has 1 heterocycles. The molecule has 0 saturated heterocycles. The predicted molar refractivity (Wildman–Crippen MR) is 80.7 cm³/mol. The first kappa shape index (κ1) is 15.0. The van der Waals surface area contributed by atoms with Crippen LogP contribution in [0.25, 0.3) is 0 Å². The van der Waals surface area contributed by atoms with Gasteiger partial charge in [-0.3, -0.25) is 9.82 Å². The fourth-order valence-electron chi connectivity index (χ4n) is 1.47. The highest BCUT2D eigenvalue weighted by Gasteiger charge is 2.21. The molecule has 0 atom stereocenters. The third-order valence-electron chi connectivity index (χ3n) is 2.50. The highest BCUT2D eigenvalue weighted by molar-refractivity contribution is 9.11. The van der Waals surface area contributed by atoms with Gasteiger partial charge >= 0.3 is 0 Å². The monoisotopic (exact) mass is 418 g/mol. The number of benzene rings is 1. The molecule has 6 nitrogen and oxygen atoms in total.